The first-order chi connectivity index (χ1) is 16.2. The van der Waals surface area contributed by atoms with Crippen LogP contribution in [0.3, 0.4) is 0 Å². The van der Waals surface area contributed by atoms with Crippen LogP contribution in [0, 0.1) is 0 Å². The van der Waals surface area contributed by atoms with Gasteiger partial charge in [-0.15, -0.1) is 0 Å². The van der Waals surface area contributed by atoms with E-state index in [2.05, 4.69) is 0 Å². The van der Waals surface area contributed by atoms with Crippen molar-refractivity contribution in [1.82, 2.24) is 4.90 Å². The van der Waals surface area contributed by atoms with Gasteiger partial charge in [-0.2, -0.15) is 0 Å². The number of amides is 2. The number of hydrogen-bond donors (Lipinski definition) is 1. The molecule has 0 radical (unpaired) electrons. The standard InChI is InChI=1S/C28H32N2O4/c1-28(2,3)30(27(32)33)25(19-21-11-7-5-8-12-21)26(31)29(20-22-13-9-6-10-14-22)23-15-17-24(34-4)18-16-23/h5-18,25H,19-20H2,1-4H3,(H,32,33)/t25-/m0/s1. The molecule has 6 heteroatoms. The molecule has 0 aliphatic heterocycles. The molecule has 1 atom stereocenters. The normalized spacial score (nSPS) is 12.0. The van der Waals surface area contributed by atoms with E-state index in [9.17, 15) is 14.7 Å². The molecule has 3 rings (SSSR count). The first-order valence-electron chi connectivity index (χ1n) is 11.3. The van der Waals surface area contributed by atoms with Crippen LogP contribution < -0.4 is 9.64 Å². The van der Waals surface area contributed by atoms with Gasteiger partial charge in [-0.05, 0) is 56.2 Å². The summed E-state index contributed by atoms with van der Waals surface area (Å²) in [5.41, 5.74) is 1.74. The maximum atomic E-state index is 14.2. The monoisotopic (exact) mass is 460 g/mol. The molecule has 0 fully saturated rings. The maximum absolute atomic E-state index is 14.2. The first kappa shape index (κ1) is 24.8. The van der Waals surface area contributed by atoms with E-state index >= 15 is 0 Å². The Morgan fingerprint density at radius 2 is 1.38 bits per heavy atom. The van der Waals surface area contributed by atoms with E-state index in [-0.39, 0.29) is 12.3 Å². The van der Waals surface area contributed by atoms with E-state index in [1.165, 1.54) is 4.90 Å². The van der Waals surface area contributed by atoms with Gasteiger partial charge in [0.25, 0.3) is 5.91 Å². The fourth-order valence-corrected chi connectivity index (χ4v) is 4.02. The Morgan fingerprint density at radius 1 is 0.853 bits per heavy atom. The van der Waals surface area contributed by atoms with Gasteiger partial charge in [0, 0.05) is 17.6 Å². The number of rotatable bonds is 8. The molecular weight excluding hydrogens is 428 g/mol. The van der Waals surface area contributed by atoms with Crippen molar-refractivity contribution in [1.29, 1.82) is 0 Å². The fourth-order valence-electron chi connectivity index (χ4n) is 4.02. The molecule has 0 aliphatic carbocycles. The van der Waals surface area contributed by atoms with Crippen molar-refractivity contribution in [3.05, 3.63) is 96.1 Å². The first-order valence-corrected chi connectivity index (χ1v) is 11.3. The van der Waals surface area contributed by atoms with E-state index in [0.29, 0.717) is 18.0 Å². The molecule has 0 saturated heterocycles. The predicted molar refractivity (Wildman–Crippen MR) is 134 cm³/mol. The Bertz CT molecular complexity index is 1080. The number of anilines is 1. The van der Waals surface area contributed by atoms with Crippen LogP contribution in [-0.4, -0.2) is 40.7 Å². The van der Waals surface area contributed by atoms with E-state index in [1.807, 2.05) is 72.8 Å². The molecule has 34 heavy (non-hydrogen) atoms. The van der Waals surface area contributed by atoms with Gasteiger partial charge in [-0.3, -0.25) is 9.69 Å². The zero-order valence-corrected chi connectivity index (χ0v) is 20.1. The number of methoxy groups -OCH3 is 1. The second kappa shape index (κ2) is 10.9. The van der Waals surface area contributed by atoms with E-state index in [1.54, 1.807) is 44.9 Å². The third kappa shape index (κ3) is 6.16. The number of carbonyl (C=O) groups excluding carboxylic acids is 1. The van der Waals surface area contributed by atoms with Gasteiger partial charge in [0.15, 0.2) is 0 Å². The number of benzene rings is 3. The zero-order chi connectivity index (χ0) is 24.7. The average molecular weight is 461 g/mol. The van der Waals surface area contributed by atoms with Crippen molar-refractivity contribution in [2.24, 2.45) is 0 Å². The van der Waals surface area contributed by atoms with Crippen LogP contribution in [-0.2, 0) is 17.8 Å². The molecule has 178 valence electrons. The van der Waals surface area contributed by atoms with E-state index < -0.39 is 17.7 Å². The SMILES string of the molecule is COc1ccc(N(Cc2ccccc2)C(=O)[C@H](Cc2ccccc2)N(C(=O)O)C(C)(C)C)cc1. The van der Waals surface area contributed by atoms with Crippen molar-refractivity contribution in [3.63, 3.8) is 0 Å². The molecule has 3 aromatic rings. The van der Waals surface area contributed by atoms with Crippen LogP contribution >= 0.6 is 0 Å². The van der Waals surface area contributed by atoms with Gasteiger partial charge < -0.3 is 14.7 Å². The minimum atomic E-state index is -1.13. The van der Waals surface area contributed by atoms with Crippen molar-refractivity contribution < 1.29 is 19.4 Å². The van der Waals surface area contributed by atoms with Crippen LogP contribution in [0.4, 0.5) is 10.5 Å². The molecule has 1 N–H and O–H groups in total. The highest BCUT2D eigenvalue weighted by atomic mass is 16.5. The molecule has 0 saturated carbocycles. The van der Waals surface area contributed by atoms with E-state index in [0.717, 1.165) is 11.1 Å². The highest BCUT2D eigenvalue weighted by Crippen LogP contribution is 2.27. The van der Waals surface area contributed by atoms with Crippen molar-refractivity contribution in [2.45, 2.75) is 45.3 Å². The average Bonchev–Trinajstić information content (AvgIpc) is 2.82. The van der Waals surface area contributed by atoms with Crippen LogP contribution in [0.1, 0.15) is 31.9 Å². The summed E-state index contributed by atoms with van der Waals surface area (Å²) in [6.07, 6.45) is -0.860. The lowest BCUT2D eigenvalue weighted by Gasteiger charge is -2.41. The lowest BCUT2D eigenvalue weighted by atomic mass is 9.97. The number of carboxylic acid groups (broad SMARTS) is 1. The molecule has 0 spiro atoms. The molecule has 3 aromatic carbocycles. The molecule has 2 amide bonds. The van der Waals surface area contributed by atoms with Gasteiger partial charge in [0.1, 0.15) is 11.8 Å². The molecular formula is C28H32N2O4. The molecule has 0 aliphatic rings. The third-order valence-electron chi connectivity index (χ3n) is 5.63. The predicted octanol–water partition coefficient (Wildman–Crippen LogP) is 5.62. The summed E-state index contributed by atoms with van der Waals surface area (Å²) in [4.78, 5) is 29.5. The molecule has 0 aromatic heterocycles. The van der Waals surface area contributed by atoms with E-state index in [4.69, 9.17) is 4.74 Å². The summed E-state index contributed by atoms with van der Waals surface area (Å²) >= 11 is 0. The third-order valence-corrected chi connectivity index (χ3v) is 5.63. The van der Waals surface area contributed by atoms with Gasteiger partial charge in [-0.25, -0.2) is 4.79 Å². The minimum Gasteiger partial charge on any atom is -0.497 e. The highest BCUT2D eigenvalue weighted by molar-refractivity contribution is 5.99. The largest absolute Gasteiger partial charge is 0.497 e. The molecule has 0 heterocycles. The quantitative estimate of drug-likeness (QED) is 0.474. The molecule has 0 bridgehead atoms. The second-order valence-corrected chi connectivity index (χ2v) is 9.14. The number of carbonyl (C=O) groups is 2. The lowest BCUT2D eigenvalue weighted by molar-refractivity contribution is -0.125. The second-order valence-electron chi connectivity index (χ2n) is 9.14. The van der Waals surface area contributed by atoms with Gasteiger partial charge in [0.2, 0.25) is 0 Å². The molecule has 0 unspecified atom stereocenters. The highest BCUT2D eigenvalue weighted by Gasteiger charge is 2.39. The van der Waals surface area contributed by atoms with Crippen LogP contribution in [0.15, 0.2) is 84.9 Å². The van der Waals surface area contributed by atoms with Crippen molar-refractivity contribution >= 4 is 17.7 Å². The van der Waals surface area contributed by atoms with Gasteiger partial charge in [0.05, 0.1) is 13.7 Å². The molecule has 6 nitrogen and oxygen atoms in total. The summed E-state index contributed by atoms with van der Waals surface area (Å²) in [6.45, 7) is 5.73. The van der Waals surface area contributed by atoms with Crippen LogP contribution in [0.25, 0.3) is 0 Å². The topological polar surface area (TPSA) is 70.1 Å². The lowest BCUT2D eigenvalue weighted by Crippen LogP contribution is -2.58. The Kier molecular flexibility index (Phi) is 7.95. The van der Waals surface area contributed by atoms with Crippen molar-refractivity contribution in [2.75, 3.05) is 12.0 Å². The summed E-state index contributed by atoms with van der Waals surface area (Å²) in [5.74, 6) is 0.397. The van der Waals surface area contributed by atoms with Crippen LogP contribution in [0.2, 0.25) is 0 Å². The number of ether oxygens (including phenoxy) is 1. The smallest absolute Gasteiger partial charge is 0.408 e. The number of hydrogen-bond acceptors (Lipinski definition) is 3. The zero-order valence-electron chi connectivity index (χ0n) is 20.1. The Morgan fingerprint density at radius 3 is 1.85 bits per heavy atom. The summed E-state index contributed by atoms with van der Waals surface area (Å²) in [5, 5.41) is 10.2. The van der Waals surface area contributed by atoms with Crippen LogP contribution in [0.5, 0.6) is 5.75 Å². The summed E-state index contributed by atoms with van der Waals surface area (Å²) < 4.78 is 5.28. The Labute approximate surface area is 201 Å². The Hall–Kier alpha value is -3.80. The minimum absolute atomic E-state index is 0.269. The fraction of sp³-hybridized carbons (Fsp3) is 0.286. The summed E-state index contributed by atoms with van der Waals surface area (Å²) in [7, 11) is 1.59. The summed E-state index contributed by atoms with van der Waals surface area (Å²) in [6, 6.07) is 25.5. The van der Waals surface area contributed by atoms with Crippen molar-refractivity contribution in [3.8, 4) is 5.75 Å². The van der Waals surface area contributed by atoms with Gasteiger partial charge >= 0.3 is 6.09 Å². The number of nitrogens with zero attached hydrogens (tertiary/aromatic N) is 2. The maximum Gasteiger partial charge on any atom is 0.408 e. The van der Waals surface area contributed by atoms with Gasteiger partial charge in [-0.1, -0.05) is 60.7 Å². The Balaban J connectivity index is 2.08.